The predicted octanol–water partition coefficient (Wildman–Crippen LogP) is 2.94. The lowest BCUT2D eigenvalue weighted by Crippen LogP contribution is -2.50. The third kappa shape index (κ3) is 3.76. The summed E-state index contributed by atoms with van der Waals surface area (Å²) in [5.74, 6) is -0.200. The van der Waals surface area contributed by atoms with Crippen molar-refractivity contribution in [2.45, 2.75) is 36.4 Å². The Labute approximate surface area is 127 Å². The van der Waals surface area contributed by atoms with Gasteiger partial charge in [-0.05, 0) is 30.2 Å². The van der Waals surface area contributed by atoms with Crippen LogP contribution in [0.3, 0.4) is 0 Å². The Morgan fingerprint density at radius 2 is 2.35 bits per heavy atom. The number of rotatable bonds is 5. The number of carbonyl (C=O) groups is 2. The van der Waals surface area contributed by atoms with E-state index in [0.29, 0.717) is 24.6 Å². The molecule has 0 bridgehead atoms. The molecule has 110 valence electrons. The zero-order valence-corrected chi connectivity index (χ0v) is 13.1. The van der Waals surface area contributed by atoms with E-state index < -0.39 is 12.0 Å². The summed E-state index contributed by atoms with van der Waals surface area (Å²) >= 11 is 3.08. The molecule has 2 heterocycles. The van der Waals surface area contributed by atoms with Crippen molar-refractivity contribution in [2.24, 2.45) is 5.92 Å². The number of carboxylic acids is 1. The largest absolute Gasteiger partial charge is 0.480 e. The number of hydrogen-bond donors (Lipinski definition) is 1. The van der Waals surface area contributed by atoms with Crippen molar-refractivity contribution in [3.05, 3.63) is 17.5 Å². The van der Waals surface area contributed by atoms with E-state index in [2.05, 4.69) is 6.92 Å². The number of piperidine rings is 1. The molecule has 2 rings (SSSR count). The van der Waals surface area contributed by atoms with Crippen LogP contribution in [-0.4, -0.2) is 40.2 Å². The molecule has 2 atom stereocenters. The molecule has 1 aliphatic rings. The van der Waals surface area contributed by atoms with Gasteiger partial charge in [-0.2, -0.15) is 0 Å². The van der Waals surface area contributed by atoms with Crippen molar-refractivity contribution in [1.82, 2.24) is 4.90 Å². The quantitative estimate of drug-likeness (QED) is 0.849. The van der Waals surface area contributed by atoms with Gasteiger partial charge in [-0.15, -0.1) is 23.1 Å². The first-order valence-corrected chi connectivity index (χ1v) is 8.67. The van der Waals surface area contributed by atoms with Crippen molar-refractivity contribution in [3.63, 3.8) is 0 Å². The molecule has 1 aromatic heterocycles. The van der Waals surface area contributed by atoms with Crippen LogP contribution in [0, 0.1) is 5.92 Å². The van der Waals surface area contributed by atoms with E-state index in [1.807, 2.05) is 17.5 Å². The number of aliphatic carboxylic acids is 1. The van der Waals surface area contributed by atoms with Crippen LogP contribution >= 0.6 is 23.1 Å². The molecule has 2 unspecified atom stereocenters. The van der Waals surface area contributed by atoms with E-state index in [0.717, 1.165) is 17.1 Å². The van der Waals surface area contributed by atoms with E-state index in [4.69, 9.17) is 0 Å². The summed E-state index contributed by atoms with van der Waals surface area (Å²) < 4.78 is 1.09. The van der Waals surface area contributed by atoms with Crippen LogP contribution in [0.25, 0.3) is 0 Å². The second-order valence-electron chi connectivity index (χ2n) is 4.96. The normalized spacial score (nSPS) is 22.8. The van der Waals surface area contributed by atoms with Crippen molar-refractivity contribution in [3.8, 4) is 0 Å². The summed E-state index contributed by atoms with van der Waals surface area (Å²) in [6, 6.07) is 3.27. The Bertz CT molecular complexity index is 461. The Morgan fingerprint density at radius 3 is 2.95 bits per heavy atom. The third-order valence-corrected chi connectivity index (χ3v) is 5.84. The molecule has 1 aliphatic heterocycles. The van der Waals surface area contributed by atoms with Gasteiger partial charge in [0.15, 0.2) is 0 Å². The standard InChI is InChI=1S/C14H19NO3S2/c1-2-10-5-6-15(11(8-10)14(17)18)12(16)9-20-13-4-3-7-19-13/h3-4,7,10-11H,2,5-6,8-9H2,1H3,(H,17,18). The maximum atomic E-state index is 12.2. The molecule has 1 fully saturated rings. The zero-order chi connectivity index (χ0) is 14.5. The predicted molar refractivity (Wildman–Crippen MR) is 81.2 cm³/mol. The van der Waals surface area contributed by atoms with Gasteiger partial charge in [0.1, 0.15) is 6.04 Å². The van der Waals surface area contributed by atoms with Crippen molar-refractivity contribution >= 4 is 35.0 Å². The molecule has 6 heteroatoms. The molecule has 1 N–H and O–H groups in total. The van der Waals surface area contributed by atoms with E-state index in [1.165, 1.54) is 11.8 Å². The van der Waals surface area contributed by atoms with Crippen LogP contribution < -0.4 is 0 Å². The second-order valence-corrected chi connectivity index (χ2v) is 7.18. The number of likely N-dealkylation sites (tertiary alicyclic amines) is 1. The smallest absolute Gasteiger partial charge is 0.326 e. The summed E-state index contributed by atoms with van der Waals surface area (Å²) in [4.78, 5) is 25.2. The van der Waals surface area contributed by atoms with Crippen LogP contribution in [0.4, 0.5) is 0 Å². The van der Waals surface area contributed by atoms with Gasteiger partial charge in [0, 0.05) is 6.54 Å². The number of thiophene rings is 1. The Balaban J connectivity index is 1.94. The Kier molecular flexibility index (Phi) is 5.48. The zero-order valence-electron chi connectivity index (χ0n) is 11.4. The molecular weight excluding hydrogens is 294 g/mol. The molecule has 0 aromatic carbocycles. The van der Waals surface area contributed by atoms with E-state index in [-0.39, 0.29) is 5.91 Å². The number of nitrogens with zero attached hydrogens (tertiary/aromatic N) is 1. The summed E-state index contributed by atoms with van der Waals surface area (Å²) in [6.45, 7) is 2.65. The van der Waals surface area contributed by atoms with Gasteiger partial charge in [0.25, 0.3) is 0 Å². The lowest BCUT2D eigenvalue weighted by Gasteiger charge is -2.36. The first kappa shape index (κ1) is 15.4. The first-order valence-electron chi connectivity index (χ1n) is 6.80. The monoisotopic (exact) mass is 313 g/mol. The molecule has 1 amide bonds. The maximum Gasteiger partial charge on any atom is 0.326 e. The minimum absolute atomic E-state index is 0.0645. The third-order valence-electron chi connectivity index (χ3n) is 3.73. The summed E-state index contributed by atoms with van der Waals surface area (Å²) in [7, 11) is 0. The number of carboxylic acid groups (broad SMARTS) is 1. The lowest BCUT2D eigenvalue weighted by molar-refractivity contribution is -0.152. The van der Waals surface area contributed by atoms with Gasteiger partial charge in [-0.3, -0.25) is 4.79 Å². The van der Waals surface area contributed by atoms with Crippen molar-refractivity contribution < 1.29 is 14.7 Å². The topological polar surface area (TPSA) is 57.6 Å². The van der Waals surface area contributed by atoms with Crippen molar-refractivity contribution in [1.29, 1.82) is 0 Å². The summed E-state index contributed by atoms with van der Waals surface area (Å²) in [6.07, 6.45) is 2.48. The van der Waals surface area contributed by atoms with Crippen LogP contribution in [0.5, 0.6) is 0 Å². The SMILES string of the molecule is CCC1CCN(C(=O)CSc2cccs2)C(C(=O)O)C1. The number of carbonyl (C=O) groups excluding carboxylic acids is 1. The van der Waals surface area contributed by atoms with Crippen LogP contribution in [0.15, 0.2) is 21.7 Å². The van der Waals surface area contributed by atoms with E-state index >= 15 is 0 Å². The minimum Gasteiger partial charge on any atom is -0.480 e. The van der Waals surface area contributed by atoms with Crippen molar-refractivity contribution in [2.75, 3.05) is 12.3 Å². The lowest BCUT2D eigenvalue weighted by atomic mass is 9.89. The average molecular weight is 313 g/mol. The van der Waals surface area contributed by atoms with E-state index in [1.54, 1.807) is 16.2 Å². The number of amides is 1. The van der Waals surface area contributed by atoms with Crippen LogP contribution in [0.1, 0.15) is 26.2 Å². The molecular formula is C14H19NO3S2. The van der Waals surface area contributed by atoms with Gasteiger partial charge in [0.2, 0.25) is 5.91 Å². The van der Waals surface area contributed by atoms with Gasteiger partial charge in [-0.25, -0.2) is 4.79 Å². The molecule has 0 spiro atoms. The molecule has 20 heavy (non-hydrogen) atoms. The van der Waals surface area contributed by atoms with Gasteiger partial charge in [-0.1, -0.05) is 19.4 Å². The fourth-order valence-electron chi connectivity index (χ4n) is 2.50. The molecule has 4 nitrogen and oxygen atoms in total. The van der Waals surface area contributed by atoms with Gasteiger partial charge in [0.05, 0.1) is 9.96 Å². The molecule has 0 radical (unpaired) electrons. The van der Waals surface area contributed by atoms with E-state index in [9.17, 15) is 14.7 Å². The van der Waals surface area contributed by atoms with Crippen LogP contribution in [0.2, 0.25) is 0 Å². The molecule has 1 aromatic rings. The van der Waals surface area contributed by atoms with Crippen LogP contribution in [-0.2, 0) is 9.59 Å². The fraction of sp³-hybridized carbons (Fsp3) is 0.571. The molecule has 0 saturated carbocycles. The van der Waals surface area contributed by atoms with Gasteiger partial charge < -0.3 is 10.0 Å². The first-order chi connectivity index (χ1) is 9.61. The Morgan fingerprint density at radius 1 is 1.55 bits per heavy atom. The highest BCUT2D eigenvalue weighted by Crippen LogP contribution is 2.28. The maximum absolute atomic E-state index is 12.2. The number of thioether (sulfide) groups is 1. The Hall–Kier alpha value is -1.01. The number of hydrogen-bond acceptors (Lipinski definition) is 4. The highest BCUT2D eigenvalue weighted by molar-refractivity contribution is 8.01. The highest BCUT2D eigenvalue weighted by atomic mass is 32.2. The summed E-state index contributed by atoms with van der Waals surface area (Å²) in [5.41, 5.74) is 0. The second kappa shape index (κ2) is 7.13. The highest BCUT2D eigenvalue weighted by Gasteiger charge is 2.35. The minimum atomic E-state index is -0.877. The summed E-state index contributed by atoms with van der Waals surface area (Å²) in [5, 5.41) is 11.3. The van der Waals surface area contributed by atoms with Gasteiger partial charge >= 0.3 is 5.97 Å². The average Bonchev–Trinajstić information content (AvgIpc) is 2.97. The molecule has 1 saturated heterocycles. The fourth-order valence-corrected chi connectivity index (χ4v) is 4.17. The molecule has 0 aliphatic carbocycles.